The maximum absolute atomic E-state index is 13.6. The Kier molecular flexibility index (Phi) is 6.85. The molecule has 3 rings (SSSR count). The zero-order valence-corrected chi connectivity index (χ0v) is 19.2. The summed E-state index contributed by atoms with van der Waals surface area (Å²) in [4.78, 5) is 0. The average Bonchev–Trinajstić information content (AvgIpc) is 2.72. The Hall–Kier alpha value is -1.65. The zero-order chi connectivity index (χ0) is 21.1. The third-order valence-corrected chi connectivity index (χ3v) is 11.5. The van der Waals surface area contributed by atoms with Crippen LogP contribution in [-0.2, 0) is 22.8 Å². The van der Waals surface area contributed by atoms with Gasteiger partial charge in [-0.2, -0.15) is 0 Å². The van der Waals surface area contributed by atoms with Crippen LogP contribution in [0.3, 0.4) is 0 Å². The smallest absolute Gasteiger partial charge is 0.123 e. The highest BCUT2D eigenvalue weighted by molar-refractivity contribution is 8.22. The third kappa shape index (κ3) is 4.92. The van der Waals surface area contributed by atoms with Crippen molar-refractivity contribution in [3.05, 3.63) is 96.3 Å². The van der Waals surface area contributed by atoms with E-state index >= 15 is 0 Å². The standard InChI is InChI=1S/C23H25FNOPS2/c1-23(2,3)29(26)25-22(18-14-16-19(24)17-15-18)27(28,20-10-6-4-7-11-20)21-12-8-5-9-13-21/h4-17,22,25H,1-3H3/t22-,29?/m1/s1. The monoisotopic (exact) mass is 445 g/mol. The Balaban J connectivity index is 2.24. The molecule has 0 fully saturated rings. The van der Waals surface area contributed by atoms with Crippen LogP contribution in [0, 0.1) is 5.82 Å². The Labute approximate surface area is 180 Å². The molecule has 29 heavy (non-hydrogen) atoms. The number of rotatable bonds is 6. The Bertz CT molecular complexity index is 975. The van der Waals surface area contributed by atoms with Crippen molar-refractivity contribution in [2.24, 2.45) is 0 Å². The summed E-state index contributed by atoms with van der Waals surface area (Å²) >= 11 is 6.43. The summed E-state index contributed by atoms with van der Waals surface area (Å²) in [5.74, 6) is -0.708. The molecule has 3 aromatic carbocycles. The van der Waals surface area contributed by atoms with Crippen LogP contribution in [0.2, 0.25) is 0 Å². The van der Waals surface area contributed by atoms with Gasteiger partial charge >= 0.3 is 0 Å². The van der Waals surface area contributed by atoms with Gasteiger partial charge < -0.3 is 0 Å². The van der Waals surface area contributed by atoms with Gasteiger partial charge in [-0.05, 0) is 49.1 Å². The van der Waals surface area contributed by atoms with E-state index in [4.69, 9.17) is 11.8 Å². The highest BCUT2D eigenvalue weighted by Crippen LogP contribution is 2.56. The molecule has 0 aromatic heterocycles. The summed E-state index contributed by atoms with van der Waals surface area (Å²) in [7, 11) is -1.35. The average molecular weight is 446 g/mol. The van der Waals surface area contributed by atoms with Gasteiger partial charge in [-0.1, -0.05) is 84.6 Å². The quantitative estimate of drug-likeness (QED) is 0.541. The van der Waals surface area contributed by atoms with E-state index in [0.717, 1.165) is 16.2 Å². The molecule has 2 nitrogen and oxygen atoms in total. The lowest BCUT2D eigenvalue weighted by Crippen LogP contribution is -2.38. The first-order chi connectivity index (χ1) is 13.7. The highest BCUT2D eigenvalue weighted by atomic mass is 32.4. The number of nitrogens with one attached hydrogen (secondary N) is 1. The summed E-state index contributed by atoms with van der Waals surface area (Å²) in [5.41, 5.74) is 0.833. The molecule has 152 valence electrons. The molecule has 0 amide bonds. The molecule has 0 spiro atoms. The van der Waals surface area contributed by atoms with Crippen molar-refractivity contribution in [2.75, 3.05) is 0 Å². The Morgan fingerprint density at radius 2 is 1.31 bits per heavy atom. The van der Waals surface area contributed by atoms with Gasteiger partial charge in [0, 0.05) is 6.04 Å². The van der Waals surface area contributed by atoms with Crippen molar-refractivity contribution in [1.82, 2.24) is 4.72 Å². The van der Waals surface area contributed by atoms with Gasteiger partial charge in [0.2, 0.25) is 0 Å². The molecular formula is C23H25FNOPS2. The Morgan fingerprint density at radius 3 is 1.72 bits per heavy atom. The molecule has 3 aromatic rings. The molecule has 1 N–H and O–H groups in total. The molecular weight excluding hydrogens is 420 g/mol. The molecule has 0 saturated carbocycles. The molecule has 0 aliphatic carbocycles. The fourth-order valence-corrected chi connectivity index (χ4v) is 8.79. The lowest BCUT2D eigenvalue weighted by molar-refractivity contribution is 0.624. The minimum absolute atomic E-state index is 0.308. The number of benzene rings is 3. The number of halogens is 1. The van der Waals surface area contributed by atoms with Crippen molar-refractivity contribution in [2.45, 2.75) is 31.3 Å². The summed E-state index contributed by atoms with van der Waals surface area (Å²) in [6, 6.07) is 23.8. The van der Waals surface area contributed by atoms with E-state index in [1.165, 1.54) is 12.1 Å². The fourth-order valence-electron chi connectivity index (χ4n) is 3.02. The third-order valence-electron chi connectivity index (χ3n) is 4.60. The largest absolute Gasteiger partial charge is 0.242 e. The van der Waals surface area contributed by atoms with Gasteiger partial charge in [-0.3, -0.25) is 0 Å². The fraction of sp³-hybridized carbons (Fsp3) is 0.217. The molecule has 0 radical (unpaired) electrons. The van der Waals surface area contributed by atoms with E-state index in [1.54, 1.807) is 12.1 Å². The SMILES string of the molecule is CC(C)(C)S(=O)N[C@@H](c1ccc(F)cc1)P(=S)(c1ccccc1)c1ccccc1. The maximum atomic E-state index is 13.6. The van der Waals surface area contributed by atoms with Crippen LogP contribution in [0.5, 0.6) is 0 Å². The van der Waals surface area contributed by atoms with Crippen LogP contribution in [-0.4, -0.2) is 8.96 Å². The van der Waals surface area contributed by atoms with Crippen LogP contribution in [0.4, 0.5) is 4.39 Å². The van der Waals surface area contributed by atoms with E-state index in [2.05, 4.69) is 4.72 Å². The predicted octanol–water partition coefficient (Wildman–Crippen LogP) is 5.01. The van der Waals surface area contributed by atoms with Gasteiger partial charge in [0.05, 0.1) is 21.5 Å². The molecule has 0 bridgehead atoms. The van der Waals surface area contributed by atoms with E-state index in [-0.39, 0.29) is 5.82 Å². The van der Waals surface area contributed by atoms with Crippen LogP contribution >= 0.6 is 6.04 Å². The zero-order valence-electron chi connectivity index (χ0n) is 16.7. The number of hydrogen-bond acceptors (Lipinski definition) is 2. The Morgan fingerprint density at radius 1 is 0.862 bits per heavy atom. The summed E-state index contributed by atoms with van der Waals surface area (Å²) in [6.45, 7) is 5.77. The molecule has 6 heteroatoms. The van der Waals surface area contributed by atoms with E-state index in [1.807, 2.05) is 81.4 Å². The molecule has 0 aliphatic rings. The minimum atomic E-state index is -2.49. The maximum Gasteiger partial charge on any atom is 0.123 e. The van der Waals surface area contributed by atoms with Gasteiger partial charge in [0.15, 0.2) is 0 Å². The lowest BCUT2D eigenvalue weighted by Gasteiger charge is -2.35. The summed E-state index contributed by atoms with van der Waals surface area (Å²) < 4.78 is 29.6. The second-order valence-electron chi connectivity index (χ2n) is 7.78. The van der Waals surface area contributed by atoms with E-state index < -0.39 is 27.6 Å². The molecule has 2 atom stereocenters. The molecule has 0 saturated heterocycles. The van der Waals surface area contributed by atoms with Crippen molar-refractivity contribution in [1.29, 1.82) is 0 Å². The summed E-state index contributed by atoms with van der Waals surface area (Å²) in [6.07, 6.45) is 0. The first-order valence-electron chi connectivity index (χ1n) is 9.37. The second-order valence-corrected chi connectivity index (χ2v) is 14.4. The highest BCUT2D eigenvalue weighted by Gasteiger charge is 2.36. The van der Waals surface area contributed by atoms with Crippen LogP contribution < -0.4 is 15.3 Å². The second kappa shape index (κ2) is 9.01. The minimum Gasteiger partial charge on any atom is -0.242 e. The topological polar surface area (TPSA) is 29.1 Å². The van der Waals surface area contributed by atoms with Crippen molar-refractivity contribution < 1.29 is 8.60 Å². The molecule has 1 unspecified atom stereocenters. The number of hydrogen-bond donors (Lipinski definition) is 1. The normalized spacial score (nSPS) is 14.3. The first kappa shape index (κ1) is 22.0. The van der Waals surface area contributed by atoms with Crippen molar-refractivity contribution in [3.8, 4) is 0 Å². The lowest BCUT2D eigenvalue weighted by atomic mass is 10.2. The van der Waals surface area contributed by atoms with Gasteiger partial charge in [-0.25, -0.2) is 13.3 Å². The van der Waals surface area contributed by atoms with Crippen molar-refractivity contribution in [3.63, 3.8) is 0 Å². The van der Waals surface area contributed by atoms with Gasteiger partial charge in [-0.15, -0.1) is 0 Å². The predicted molar refractivity (Wildman–Crippen MR) is 127 cm³/mol. The van der Waals surface area contributed by atoms with Crippen molar-refractivity contribution >= 4 is 39.4 Å². The van der Waals surface area contributed by atoms with Gasteiger partial charge in [0.1, 0.15) is 5.82 Å². The van der Waals surface area contributed by atoms with Gasteiger partial charge in [0.25, 0.3) is 0 Å². The van der Waals surface area contributed by atoms with E-state index in [0.29, 0.717) is 0 Å². The van der Waals surface area contributed by atoms with E-state index in [9.17, 15) is 8.60 Å². The van der Waals surface area contributed by atoms with Crippen LogP contribution in [0.1, 0.15) is 32.1 Å². The summed E-state index contributed by atoms with van der Waals surface area (Å²) in [5, 5.41) is 2.04. The first-order valence-corrected chi connectivity index (χ1v) is 13.4. The van der Waals surface area contributed by atoms with Crippen LogP contribution in [0.25, 0.3) is 0 Å². The van der Waals surface area contributed by atoms with Crippen LogP contribution in [0.15, 0.2) is 84.9 Å². The molecule has 0 aliphatic heterocycles. The molecule has 0 heterocycles.